The second-order valence-electron chi connectivity index (χ2n) is 6.50. The van der Waals surface area contributed by atoms with Crippen molar-refractivity contribution in [2.24, 2.45) is 5.92 Å². The molecule has 2 bridgehead atoms. The van der Waals surface area contributed by atoms with Gasteiger partial charge in [0.25, 0.3) is 0 Å². The predicted octanol–water partition coefficient (Wildman–Crippen LogP) is 2.04. The molecule has 1 saturated carbocycles. The Balaban J connectivity index is 1.94. The summed E-state index contributed by atoms with van der Waals surface area (Å²) in [6.45, 7) is 7.66. The van der Waals surface area contributed by atoms with E-state index < -0.39 is 5.60 Å². The fourth-order valence-corrected chi connectivity index (χ4v) is 3.01. The Morgan fingerprint density at radius 2 is 2.24 bits per heavy atom. The molecule has 2 aliphatic rings. The first-order valence-electron chi connectivity index (χ1n) is 6.60. The van der Waals surface area contributed by atoms with Crippen molar-refractivity contribution in [3.05, 3.63) is 0 Å². The van der Waals surface area contributed by atoms with Gasteiger partial charge in [-0.25, -0.2) is 4.79 Å². The summed E-state index contributed by atoms with van der Waals surface area (Å²) in [4.78, 5) is 11.9. The molecule has 1 aliphatic heterocycles. The average Bonchev–Trinajstić information content (AvgIpc) is 2.13. The van der Waals surface area contributed by atoms with Crippen LogP contribution >= 0.6 is 0 Å². The van der Waals surface area contributed by atoms with E-state index in [0.29, 0.717) is 5.92 Å². The second kappa shape index (κ2) is 4.48. The first-order chi connectivity index (χ1) is 7.89. The van der Waals surface area contributed by atoms with Crippen molar-refractivity contribution in [2.45, 2.75) is 57.6 Å². The number of carbonyl (C=O) groups excluding carboxylic acids is 1. The van der Waals surface area contributed by atoms with E-state index in [1.807, 2.05) is 20.8 Å². The first kappa shape index (κ1) is 12.7. The number of amides is 1. The van der Waals surface area contributed by atoms with Crippen molar-refractivity contribution < 1.29 is 9.53 Å². The van der Waals surface area contributed by atoms with Crippen LogP contribution in [0, 0.1) is 5.92 Å². The van der Waals surface area contributed by atoms with E-state index in [2.05, 4.69) is 10.6 Å². The second-order valence-corrected chi connectivity index (χ2v) is 6.50. The van der Waals surface area contributed by atoms with Crippen LogP contribution in [0.3, 0.4) is 0 Å². The van der Waals surface area contributed by atoms with Gasteiger partial charge < -0.3 is 15.4 Å². The molecule has 2 rings (SSSR count). The number of nitrogens with one attached hydrogen (secondary N) is 2. The Kier molecular flexibility index (Phi) is 3.34. The molecule has 0 radical (unpaired) electrons. The maximum absolute atomic E-state index is 11.9. The van der Waals surface area contributed by atoms with Crippen LogP contribution in [0.15, 0.2) is 0 Å². The number of ether oxygens (including phenoxy) is 1. The molecular weight excluding hydrogens is 216 g/mol. The molecule has 0 aromatic heterocycles. The minimum Gasteiger partial charge on any atom is -0.444 e. The highest BCUT2D eigenvalue weighted by Gasteiger charge is 2.41. The topological polar surface area (TPSA) is 50.4 Å². The summed E-state index contributed by atoms with van der Waals surface area (Å²) < 4.78 is 5.35. The van der Waals surface area contributed by atoms with Gasteiger partial charge >= 0.3 is 6.09 Å². The van der Waals surface area contributed by atoms with Crippen molar-refractivity contribution in [1.82, 2.24) is 10.6 Å². The molecule has 1 aliphatic carbocycles. The molecule has 1 saturated heterocycles. The Morgan fingerprint density at radius 3 is 2.94 bits per heavy atom. The van der Waals surface area contributed by atoms with Crippen LogP contribution in [-0.4, -0.2) is 30.3 Å². The standard InChI is InChI=1S/C13H24N2O2/c1-12(2,3)17-11(16)15-13-6-4-5-10(7-13)8-14-9-13/h10,14H,4-9H2,1-3H3,(H,15,16). The van der Waals surface area contributed by atoms with Crippen molar-refractivity contribution in [3.8, 4) is 0 Å². The highest BCUT2D eigenvalue weighted by atomic mass is 16.6. The van der Waals surface area contributed by atoms with Gasteiger partial charge in [-0.1, -0.05) is 6.42 Å². The monoisotopic (exact) mass is 240 g/mol. The van der Waals surface area contributed by atoms with Crippen molar-refractivity contribution >= 4 is 6.09 Å². The van der Waals surface area contributed by atoms with Crippen LogP contribution in [-0.2, 0) is 4.74 Å². The van der Waals surface area contributed by atoms with Crippen molar-refractivity contribution in [2.75, 3.05) is 13.1 Å². The van der Waals surface area contributed by atoms with E-state index in [1.165, 1.54) is 12.8 Å². The third kappa shape index (κ3) is 3.35. The quantitative estimate of drug-likeness (QED) is 0.737. The van der Waals surface area contributed by atoms with Crippen LogP contribution in [0.25, 0.3) is 0 Å². The predicted molar refractivity (Wildman–Crippen MR) is 66.9 cm³/mol. The minimum atomic E-state index is -0.420. The number of hydrogen-bond acceptors (Lipinski definition) is 3. The summed E-state index contributed by atoms with van der Waals surface area (Å²) in [5.41, 5.74) is -0.486. The van der Waals surface area contributed by atoms with Crippen LogP contribution in [0.4, 0.5) is 4.79 Å². The molecule has 17 heavy (non-hydrogen) atoms. The highest BCUT2D eigenvalue weighted by molar-refractivity contribution is 5.69. The molecule has 1 amide bonds. The molecule has 2 atom stereocenters. The number of fused-ring (bicyclic) bond motifs is 2. The maximum atomic E-state index is 11.9. The Labute approximate surface area is 103 Å². The van der Waals surface area contributed by atoms with Crippen LogP contribution < -0.4 is 10.6 Å². The number of carbonyl (C=O) groups is 1. The molecule has 2 N–H and O–H groups in total. The summed E-state index contributed by atoms with van der Waals surface area (Å²) in [6, 6.07) is 0. The zero-order chi connectivity index (χ0) is 12.5. The third-order valence-electron chi connectivity index (χ3n) is 3.61. The molecule has 98 valence electrons. The van der Waals surface area contributed by atoms with Gasteiger partial charge in [0.05, 0.1) is 5.54 Å². The fraction of sp³-hybridized carbons (Fsp3) is 0.923. The number of alkyl carbamates (subject to hydrolysis) is 1. The van der Waals surface area contributed by atoms with Gasteiger partial charge in [0.2, 0.25) is 0 Å². The number of hydrogen-bond donors (Lipinski definition) is 2. The first-order valence-corrected chi connectivity index (χ1v) is 6.60. The lowest BCUT2D eigenvalue weighted by molar-refractivity contribution is 0.0363. The summed E-state index contributed by atoms with van der Waals surface area (Å²) >= 11 is 0. The molecule has 2 fully saturated rings. The summed E-state index contributed by atoms with van der Waals surface area (Å²) in [6.07, 6.45) is 4.38. The third-order valence-corrected chi connectivity index (χ3v) is 3.61. The van der Waals surface area contributed by atoms with Gasteiger partial charge in [-0.15, -0.1) is 0 Å². The maximum Gasteiger partial charge on any atom is 0.408 e. The van der Waals surface area contributed by atoms with E-state index in [-0.39, 0.29) is 11.6 Å². The number of piperidine rings is 1. The van der Waals surface area contributed by atoms with Gasteiger partial charge in [0.1, 0.15) is 5.60 Å². The summed E-state index contributed by atoms with van der Waals surface area (Å²) in [7, 11) is 0. The zero-order valence-corrected chi connectivity index (χ0v) is 11.1. The van der Waals surface area contributed by atoms with E-state index in [0.717, 1.165) is 25.9 Å². The minimum absolute atomic E-state index is 0.0660. The SMILES string of the molecule is CC(C)(C)OC(=O)NC12CCCC(CNC1)C2. The lowest BCUT2D eigenvalue weighted by Gasteiger charge is -2.45. The van der Waals surface area contributed by atoms with Crippen LogP contribution in [0.1, 0.15) is 46.5 Å². The van der Waals surface area contributed by atoms with Gasteiger partial charge in [-0.05, 0) is 52.5 Å². The Morgan fingerprint density at radius 1 is 1.47 bits per heavy atom. The molecule has 4 heteroatoms. The van der Waals surface area contributed by atoms with E-state index >= 15 is 0 Å². The van der Waals surface area contributed by atoms with Crippen LogP contribution in [0.5, 0.6) is 0 Å². The lowest BCUT2D eigenvalue weighted by Crippen LogP contribution is -2.62. The van der Waals surface area contributed by atoms with E-state index in [9.17, 15) is 4.79 Å². The van der Waals surface area contributed by atoms with Crippen molar-refractivity contribution in [3.63, 3.8) is 0 Å². The molecule has 0 aromatic carbocycles. The lowest BCUT2D eigenvalue weighted by atomic mass is 9.73. The molecule has 1 heterocycles. The van der Waals surface area contributed by atoms with E-state index in [1.54, 1.807) is 0 Å². The van der Waals surface area contributed by atoms with Crippen LogP contribution in [0.2, 0.25) is 0 Å². The summed E-state index contributed by atoms with van der Waals surface area (Å²) in [5, 5.41) is 6.52. The fourth-order valence-electron chi connectivity index (χ4n) is 3.01. The van der Waals surface area contributed by atoms with Gasteiger partial charge in [-0.3, -0.25) is 0 Å². The van der Waals surface area contributed by atoms with Gasteiger partial charge in [-0.2, -0.15) is 0 Å². The van der Waals surface area contributed by atoms with Crippen molar-refractivity contribution in [1.29, 1.82) is 0 Å². The average molecular weight is 240 g/mol. The zero-order valence-electron chi connectivity index (χ0n) is 11.1. The molecule has 2 unspecified atom stereocenters. The normalized spacial score (nSPS) is 33.0. The molecule has 0 aromatic rings. The van der Waals surface area contributed by atoms with E-state index in [4.69, 9.17) is 4.74 Å². The molecular formula is C13H24N2O2. The van der Waals surface area contributed by atoms with Gasteiger partial charge in [0.15, 0.2) is 0 Å². The Bertz CT molecular complexity index is 286. The van der Waals surface area contributed by atoms with Gasteiger partial charge in [0, 0.05) is 6.54 Å². The molecule has 0 spiro atoms. The largest absolute Gasteiger partial charge is 0.444 e. The summed E-state index contributed by atoms with van der Waals surface area (Å²) in [5.74, 6) is 0.715. The Hall–Kier alpha value is -0.770. The smallest absolute Gasteiger partial charge is 0.408 e. The number of rotatable bonds is 1. The molecule has 4 nitrogen and oxygen atoms in total. The highest BCUT2D eigenvalue weighted by Crippen LogP contribution is 2.34.